The van der Waals surface area contributed by atoms with Crippen molar-refractivity contribution in [2.45, 2.75) is 12.8 Å². The van der Waals surface area contributed by atoms with Crippen LogP contribution in [0, 0.1) is 0 Å². The molecule has 0 bridgehead atoms. The van der Waals surface area contributed by atoms with Crippen molar-refractivity contribution in [3.05, 3.63) is 24.3 Å². The standard InChI is InChI=1S/C15H17N3O2S2/c19-13(10-22-15-16-6-8-21-15)17-11-3-1-4-12(9-11)18-7-2-5-14(18)20/h1,3-4,9H,2,5-8,10H2,(H,17,19). The topological polar surface area (TPSA) is 61.8 Å². The molecule has 1 aromatic rings. The summed E-state index contributed by atoms with van der Waals surface area (Å²) in [4.78, 5) is 29.8. The van der Waals surface area contributed by atoms with E-state index in [1.54, 1.807) is 16.7 Å². The lowest BCUT2D eigenvalue weighted by Gasteiger charge is -2.16. The molecule has 1 saturated heterocycles. The second kappa shape index (κ2) is 7.19. The monoisotopic (exact) mass is 335 g/mol. The predicted octanol–water partition coefficient (Wildman–Crippen LogP) is 2.59. The van der Waals surface area contributed by atoms with Gasteiger partial charge in [-0.3, -0.25) is 14.6 Å². The van der Waals surface area contributed by atoms with Gasteiger partial charge in [-0.05, 0) is 24.6 Å². The van der Waals surface area contributed by atoms with Crippen molar-refractivity contribution in [3.8, 4) is 0 Å². The lowest BCUT2D eigenvalue weighted by molar-refractivity contribution is -0.117. The number of nitrogens with one attached hydrogen (secondary N) is 1. The predicted molar refractivity (Wildman–Crippen MR) is 93.9 cm³/mol. The molecule has 0 unspecified atom stereocenters. The number of carbonyl (C=O) groups excluding carboxylic acids is 2. The molecule has 2 aliphatic heterocycles. The van der Waals surface area contributed by atoms with Crippen LogP contribution in [0.25, 0.3) is 0 Å². The molecule has 2 heterocycles. The van der Waals surface area contributed by atoms with E-state index in [1.807, 2.05) is 24.3 Å². The van der Waals surface area contributed by atoms with Crippen molar-refractivity contribution in [1.29, 1.82) is 0 Å². The molecule has 0 atom stereocenters. The summed E-state index contributed by atoms with van der Waals surface area (Å²) in [5, 5.41) is 2.88. The Morgan fingerprint density at radius 3 is 3.09 bits per heavy atom. The van der Waals surface area contributed by atoms with Crippen LogP contribution >= 0.6 is 23.5 Å². The van der Waals surface area contributed by atoms with Gasteiger partial charge in [-0.15, -0.1) is 0 Å². The Bertz CT molecular complexity index is 619. The van der Waals surface area contributed by atoms with E-state index in [4.69, 9.17) is 0 Å². The third-order valence-electron chi connectivity index (χ3n) is 3.40. The summed E-state index contributed by atoms with van der Waals surface area (Å²) < 4.78 is 0.992. The first-order valence-electron chi connectivity index (χ1n) is 7.23. The third-order valence-corrected chi connectivity index (χ3v) is 5.65. The third kappa shape index (κ3) is 3.84. The van der Waals surface area contributed by atoms with E-state index in [-0.39, 0.29) is 11.8 Å². The molecule has 1 fully saturated rings. The van der Waals surface area contributed by atoms with Gasteiger partial charge in [-0.25, -0.2) is 0 Å². The fourth-order valence-corrected chi connectivity index (χ4v) is 4.21. The summed E-state index contributed by atoms with van der Waals surface area (Å²) in [5.74, 6) is 1.47. The summed E-state index contributed by atoms with van der Waals surface area (Å²) in [6, 6.07) is 7.46. The zero-order chi connectivity index (χ0) is 15.4. The van der Waals surface area contributed by atoms with Crippen LogP contribution in [0.2, 0.25) is 0 Å². The van der Waals surface area contributed by atoms with Gasteiger partial charge < -0.3 is 10.2 Å². The summed E-state index contributed by atoms with van der Waals surface area (Å²) in [5.41, 5.74) is 1.58. The number of hydrogen-bond donors (Lipinski definition) is 1. The van der Waals surface area contributed by atoms with Crippen LogP contribution in [0.15, 0.2) is 29.3 Å². The van der Waals surface area contributed by atoms with Gasteiger partial charge in [-0.2, -0.15) is 0 Å². The Labute approximate surface area is 137 Å². The van der Waals surface area contributed by atoms with Gasteiger partial charge in [0.1, 0.15) is 4.38 Å². The van der Waals surface area contributed by atoms with Gasteiger partial charge in [0.15, 0.2) is 0 Å². The molecule has 3 rings (SSSR count). The lowest BCUT2D eigenvalue weighted by Crippen LogP contribution is -2.23. The maximum atomic E-state index is 12.0. The van der Waals surface area contributed by atoms with Gasteiger partial charge in [0.2, 0.25) is 11.8 Å². The molecule has 22 heavy (non-hydrogen) atoms. The van der Waals surface area contributed by atoms with E-state index in [1.165, 1.54) is 11.8 Å². The Hall–Kier alpha value is -1.47. The Kier molecular flexibility index (Phi) is 5.04. The number of carbonyl (C=O) groups is 2. The van der Waals surface area contributed by atoms with E-state index >= 15 is 0 Å². The molecule has 1 aromatic carbocycles. The number of amides is 2. The molecule has 116 valence electrons. The van der Waals surface area contributed by atoms with Crippen LogP contribution in [0.5, 0.6) is 0 Å². The van der Waals surface area contributed by atoms with Crippen LogP contribution in [0.1, 0.15) is 12.8 Å². The number of aliphatic imine (C=N–C) groups is 1. The van der Waals surface area contributed by atoms with Crippen molar-refractivity contribution in [2.24, 2.45) is 4.99 Å². The number of rotatable bonds is 4. The Morgan fingerprint density at radius 2 is 2.36 bits per heavy atom. The first kappa shape index (κ1) is 15.4. The van der Waals surface area contributed by atoms with Crippen LogP contribution in [-0.2, 0) is 9.59 Å². The minimum Gasteiger partial charge on any atom is -0.325 e. The van der Waals surface area contributed by atoms with Gasteiger partial charge in [0.25, 0.3) is 0 Å². The number of benzene rings is 1. The summed E-state index contributed by atoms with van der Waals surface area (Å²) in [6.07, 6.45) is 1.50. The summed E-state index contributed by atoms with van der Waals surface area (Å²) in [6.45, 7) is 1.60. The molecule has 0 spiro atoms. The van der Waals surface area contributed by atoms with Crippen LogP contribution < -0.4 is 10.2 Å². The maximum absolute atomic E-state index is 12.0. The Morgan fingerprint density at radius 1 is 1.45 bits per heavy atom. The van der Waals surface area contributed by atoms with Crippen molar-refractivity contribution >= 4 is 51.1 Å². The molecule has 2 amide bonds. The summed E-state index contributed by atoms with van der Waals surface area (Å²) in [7, 11) is 0. The highest BCUT2D eigenvalue weighted by Gasteiger charge is 2.21. The van der Waals surface area contributed by atoms with E-state index in [0.717, 1.165) is 41.0 Å². The number of anilines is 2. The fourth-order valence-electron chi connectivity index (χ4n) is 2.40. The van der Waals surface area contributed by atoms with Crippen molar-refractivity contribution in [2.75, 3.05) is 34.8 Å². The SMILES string of the molecule is O=C(CSC1=NCCS1)Nc1cccc(N2CCCC2=O)c1. The molecule has 0 radical (unpaired) electrons. The van der Waals surface area contributed by atoms with E-state index < -0.39 is 0 Å². The largest absolute Gasteiger partial charge is 0.325 e. The molecule has 2 aliphatic rings. The average Bonchev–Trinajstić information content (AvgIpc) is 3.16. The smallest absolute Gasteiger partial charge is 0.234 e. The van der Waals surface area contributed by atoms with E-state index in [9.17, 15) is 9.59 Å². The molecule has 0 aromatic heterocycles. The first-order valence-corrected chi connectivity index (χ1v) is 9.20. The molecular weight excluding hydrogens is 318 g/mol. The normalized spacial score (nSPS) is 17.7. The molecule has 0 saturated carbocycles. The van der Waals surface area contributed by atoms with Crippen LogP contribution in [0.3, 0.4) is 0 Å². The van der Waals surface area contributed by atoms with Gasteiger partial charge in [0, 0.05) is 30.1 Å². The average molecular weight is 335 g/mol. The van der Waals surface area contributed by atoms with Crippen molar-refractivity contribution in [1.82, 2.24) is 0 Å². The second-order valence-electron chi connectivity index (χ2n) is 5.03. The zero-order valence-electron chi connectivity index (χ0n) is 12.1. The molecule has 5 nitrogen and oxygen atoms in total. The highest BCUT2D eigenvalue weighted by molar-refractivity contribution is 8.39. The van der Waals surface area contributed by atoms with Crippen LogP contribution in [-0.4, -0.2) is 40.8 Å². The van der Waals surface area contributed by atoms with Crippen molar-refractivity contribution < 1.29 is 9.59 Å². The maximum Gasteiger partial charge on any atom is 0.234 e. The highest BCUT2D eigenvalue weighted by atomic mass is 32.2. The molecule has 7 heteroatoms. The minimum absolute atomic E-state index is 0.0508. The van der Waals surface area contributed by atoms with E-state index in [0.29, 0.717) is 12.2 Å². The Balaban J connectivity index is 1.57. The molecular formula is C15H17N3O2S2. The highest BCUT2D eigenvalue weighted by Crippen LogP contribution is 2.25. The second-order valence-corrected chi connectivity index (χ2v) is 7.34. The van der Waals surface area contributed by atoms with Gasteiger partial charge in [0.05, 0.1) is 12.3 Å². The first-order chi connectivity index (χ1) is 10.7. The van der Waals surface area contributed by atoms with Gasteiger partial charge >= 0.3 is 0 Å². The zero-order valence-corrected chi connectivity index (χ0v) is 13.7. The molecule has 0 aliphatic carbocycles. The summed E-state index contributed by atoms with van der Waals surface area (Å²) >= 11 is 3.18. The quantitative estimate of drug-likeness (QED) is 0.919. The number of hydrogen-bond acceptors (Lipinski definition) is 5. The van der Waals surface area contributed by atoms with Crippen LogP contribution in [0.4, 0.5) is 11.4 Å². The number of thioether (sulfide) groups is 2. The van der Waals surface area contributed by atoms with Crippen molar-refractivity contribution in [3.63, 3.8) is 0 Å². The number of nitrogens with zero attached hydrogens (tertiary/aromatic N) is 2. The minimum atomic E-state index is -0.0508. The lowest BCUT2D eigenvalue weighted by atomic mass is 10.2. The van der Waals surface area contributed by atoms with Gasteiger partial charge in [-0.1, -0.05) is 29.6 Å². The van der Waals surface area contributed by atoms with E-state index in [2.05, 4.69) is 10.3 Å². The molecule has 1 N–H and O–H groups in total. The fraction of sp³-hybridized carbons (Fsp3) is 0.400.